The quantitative estimate of drug-likeness (QED) is 0.264. The SMILES string of the molecule is Cl.O=C(/C=C(/c1cc(Cl)c(F)c(Cl)c1)C(F)(F)F)c1ccc2c(c1)COC21CNC1. The third-order valence-corrected chi connectivity index (χ3v) is 5.63. The molecule has 1 spiro atoms. The zero-order chi connectivity index (χ0) is 21.0. The summed E-state index contributed by atoms with van der Waals surface area (Å²) in [6.07, 6.45) is -4.40. The van der Waals surface area contributed by atoms with Gasteiger partial charge in [0.05, 0.1) is 22.2 Å². The second-order valence-corrected chi connectivity index (χ2v) is 7.75. The molecule has 0 atom stereocenters. The van der Waals surface area contributed by atoms with Crippen LogP contribution in [0.25, 0.3) is 5.57 Å². The molecule has 2 aliphatic rings. The number of ether oxygens (including phenoxy) is 1. The van der Waals surface area contributed by atoms with Crippen LogP contribution in [0.15, 0.2) is 36.4 Å². The number of hydrogen-bond donors (Lipinski definition) is 1. The van der Waals surface area contributed by atoms with E-state index in [2.05, 4.69) is 5.32 Å². The standard InChI is InChI=1S/C20H13Cl2F4NO2.ClH/c21-15-4-11(5-16(22)18(15)23)14(20(24,25)26)6-17(28)10-1-2-13-12(3-10)7-29-19(13)8-27-9-19;/h1-6,27H,7-9H2;1H/b14-6-;. The predicted octanol–water partition coefficient (Wildman–Crippen LogP) is 5.71. The molecule has 0 unspecified atom stereocenters. The molecule has 3 nitrogen and oxygen atoms in total. The first-order valence-corrected chi connectivity index (χ1v) is 9.32. The van der Waals surface area contributed by atoms with E-state index in [0.29, 0.717) is 19.2 Å². The first kappa shape index (κ1) is 23.0. The Labute approximate surface area is 185 Å². The van der Waals surface area contributed by atoms with Crippen LogP contribution in [0.2, 0.25) is 10.0 Å². The van der Waals surface area contributed by atoms with E-state index in [9.17, 15) is 22.4 Å². The van der Waals surface area contributed by atoms with Gasteiger partial charge >= 0.3 is 6.18 Å². The van der Waals surface area contributed by atoms with Gasteiger partial charge in [0.2, 0.25) is 0 Å². The number of hydrogen-bond acceptors (Lipinski definition) is 3. The Morgan fingerprint density at radius 2 is 1.73 bits per heavy atom. The number of rotatable bonds is 3. The van der Waals surface area contributed by atoms with Crippen molar-refractivity contribution in [1.29, 1.82) is 0 Å². The van der Waals surface area contributed by atoms with Gasteiger partial charge in [-0.15, -0.1) is 12.4 Å². The van der Waals surface area contributed by atoms with Crippen LogP contribution in [0.3, 0.4) is 0 Å². The average molecular weight is 483 g/mol. The molecule has 2 aromatic carbocycles. The lowest BCUT2D eigenvalue weighted by Crippen LogP contribution is -2.56. The summed E-state index contributed by atoms with van der Waals surface area (Å²) in [4.78, 5) is 12.6. The molecule has 0 bridgehead atoms. The van der Waals surface area contributed by atoms with Gasteiger partial charge in [-0.25, -0.2) is 4.39 Å². The minimum absolute atomic E-state index is 0. The predicted molar refractivity (Wildman–Crippen MR) is 108 cm³/mol. The lowest BCUT2D eigenvalue weighted by molar-refractivity contribution is -0.0746. The highest BCUT2D eigenvalue weighted by Gasteiger charge is 2.45. The van der Waals surface area contributed by atoms with E-state index >= 15 is 0 Å². The minimum atomic E-state index is -4.87. The first-order valence-electron chi connectivity index (χ1n) is 8.57. The van der Waals surface area contributed by atoms with Crippen molar-refractivity contribution < 1.29 is 27.1 Å². The second kappa shape index (κ2) is 8.13. The Morgan fingerprint density at radius 1 is 1.10 bits per heavy atom. The van der Waals surface area contributed by atoms with Crippen LogP contribution < -0.4 is 5.32 Å². The lowest BCUT2D eigenvalue weighted by Gasteiger charge is -2.39. The van der Waals surface area contributed by atoms with Crippen LogP contribution in [0.5, 0.6) is 0 Å². The number of allylic oxidation sites excluding steroid dienone is 2. The Morgan fingerprint density at radius 3 is 2.27 bits per heavy atom. The number of alkyl halides is 3. The lowest BCUT2D eigenvalue weighted by atomic mass is 9.86. The number of benzene rings is 2. The van der Waals surface area contributed by atoms with Gasteiger partial charge in [-0.3, -0.25) is 4.79 Å². The Hall–Kier alpha value is -1.64. The van der Waals surface area contributed by atoms with Gasteiger partial charge in [0.25, 0.3) is 0 Å². The summed E-state index contributed by atoms with van der Waals surface area (Å²) in [7, 11) is 0. The normalized spacial score (nSPS) is 17.3. The van der Waals surface area contributed by atoms with Crippen molar-refractivity contribution in [3.05, 3.63) is 74.5 Å². The molecule has 10 heteroatoms. The van der Waals surface area contributed by atoms with Crippen molar-refractivity contribution in [3.63, 3.8) is 0 Å². The van der Waals surface area contributed by atoms with Gasteiger partial charge in [-0.05, 0) is 41.0 Å². The van der Waals surface area contributed by atoms with E-state index in [4.69, 9.17) is 27.9 Å². The van der Waals surface area contributed by atoms with Gasteiger partial charge in [0.15, 0.2) is 11.6 Å². The zero-order valence-corrected chi connectivity index (χ0v) is 17.4. The van der Waals surface area contributed by atoms with Gasteiger partial charge < -0.3 is 10.1 Å². The molecule has 30 heavy (non-hydrogen) atoms. The number of nitrogens with one attached hydrogen (secondary N) is 1. The van der Waals surface area contributed by atoms with E-state index in [0.717, 1.165) is 23.3 Å². The highest BCUT2D eigenvalue weighted by molar-refractivity contribution is 6.35. The first-order chi connectivity index (χ1) is 13.6. The van der Waals surface area contributed by atoms with E-state index in [-0.39, 0.29) is 24.6 Å². The number of fused-ring (bicyclic) bond motifs is 2. The summed E-state index contributed by atoms with van der Waals surface area (Å²) < 4.78 is 60.1. The summed E-state index contributed by atoms with van der Waals surface area (Å²) in [5, 5.41) is 1.99. The van der Waals surface area contributed by atoms with Crippen molar-refractivity contribution in [2.75, 3.05) is 13.1 Å². The molecular weight excluding hydrogens is 469 g/mol. The molecule has 0 radical (unpaired) electrons. The maximum atomic E-state index is 13.6. The molecule has 1 fully saturated rings. The molecule has 0 aliphatic carbocycles. The number of halogens is 7. The van der Waals surface area contributed by atoms with Crippen LogP contribution >= 0.6 is 35.6 Å². The zero-order valence-electron chi connectivity index (χ0n) is 15.1. The Kier molecular flexibility index (Phi) is 6.24. The van der Waals surface area contributed by atoms with Crippen molar-refractivity contribution in [2.45, 2.75) is 18.4 Å². The van der Waals surface area contributed by atoms with Crippen LogP contribution in [0, 0.1) is 5.82 Å². The number of carbonyl (C=O) groups is 1. The van der Waals surface area contributed by atoms with Crippen molar-refractivity contribution >= 4 is 47.0 Å². The molecule has 2 heterocycles. The maximum Gasteiger partial charge on any atom is 0.417 e. The number of carbonyl (C=O) groups excluding carboxylic acids is 1. The molecule has 0 saturated carbocycles. The van der Waals surface area contributed by atoms with Gasteiger partial charge in [0, 0.05) is 18.7 Å². The fraction of sp³-hybridized carbons (Fsp3) is 0.250. The monoisotopic (exact) mass is 481 g/mol. The van der Waals surface area contributed by atoms with Gasteiger partial charge in [-0.1, -0.05) is 35.3 Å². The van der Waals surface area contributed by atoms with E-state index in [1.54, 1.807) is 12.1 Å². The minimum Gasteiger partial charge on any atom is -0.363 e. The molecule has 0 aromatic heterocycles. The smallest absolute Gasteiger partial charge is 0.363 e. The maximum absolute atomic E-state index is 13.6. The van der Waals surface area contributed by atoms with Crippen LogP contribution in [-0.2, 0) is 16.9 Å². The highest BCUT2D eigenvalue weighted by Crippen LogP contribution is 2.40. The topological polar surface area (TPSA) is 38.3 Å². The molecule has 4 rings (SSSR count). The van der Waals surface area contributed by atoms with E-state index in [1.165, 1.54) is 6.07 Å². The van der Waals surface area contributed by atoms with Crippen molar-refractivity contribution in [1.82, 2.24) is 5.32 Å². The van der Waals surface area contributed by atoms with Crippen LogP contribution in [0.4, 0.5) is 17.6 Å². The van der Waals surface area contributed by atoms with Crippen molar-refractivity contribution in [2.24, 2.45) is 0 Å². The highest BCUT2D eigenvalue weighted by atomic mass is 35.5. The van der Waals surface area contributed by atoms with Gasteiger partial charge in [0.1, 0.15) is 5.60 Å². The molecule has 1 saturated heterocycles. The van der Waals surface area contributed by atoms with E-state index in [1.807, 2.05) is 0 Å². The molecule has 160 valence electrons. The van der Waals surface area contributed by atoms with Crippen LogP contribution in [0.1, 0.15) is 27.0 Å². The molecule has 0 amide bonds. The number of ketones is 1. The Balaban J connectivity index is 0.00000256. The van der Waals surface area contributed by atoms with E-state index < -0.39 is 44.6 Å². The fourth-order valence-corrected chi connectivity index (χ4v) is 3.99. The molecule has 2 aromatic rings. The largest absolute Gasteiger partial charge is 0.417 e. The van der Waals surface area contributed by atoms with Gasteiger partial charge in [-0.2, -0.15) is 13.2 Å². The van der Waals surface area contributed by atoms with Crippen LogP contribution in [-0.4, -0.2) is 25.0 Å². The third-order valence-electron chi connectivity index (χ3n) is 5.08. The third kappa shape index (κ3) is 3.97. The molecule has 1 N–H and O–H groups in total. The molecule has 2 aliphatic heterocycles. The molecular formula is C20H14Cl3F4NO2. The fourth-order valence-electron chi connectivity index (χ4n) is 3.50. The summed E-state index contributed by atoms with van der Waals surface area (Å²) >= 11 is 11.2. The second-order valence-electron chi connectivity index (χ2n) is 6.93. The summed E-state index contributed by atoms with van der Waals surface area (Å²) in [5.74, 6) is -1.87. The summed E-state index contributed by atoms with van der Waals surface area (Å²) in [6, 6.07) is 6.31. The Bertz CT molecular complexity index is 1030. The average Bonchev–Trinajstić information content (AvgIpc) is 3.01. The summed E-state index contributed by atoms with van der Waals surface area (Å²) in [6.45, 7) is 1.59. The van der Waals surface area contributed by atoms with Crippen molar-refractivity contribution in [3.8, 4) is 0 Å². The summed E-state index contributed by atoms with van der Waals surface area (Å²) in [5.41, 5.74) is -0.366.